The molecule has 2 N–H and O–H groups in total. The van der Waals surface area contributed by atoms with Gasteiger partial charge in [0.25, 0.3) is 0 Å². The van der Waals surface area contributed by atoms with Crippen molar-refractivity contribution in [2.24, 2.45) is 4.99 Å². The second-order valence-electron chi connectivity index (χ2n) is 5.63. The fourth-order valence-electron chi connectivity index (χ4n) is 2.45. The van der Waals surface area contributed by atoms with Gasteiger partial charge in [-0.15, -0.1) is 24.0 Å². The third-order valence-electron chi connectivity index (χ3n) is 3.61. The molecule has 0 amide bonds. The van der Waals surface area contributed by atoms with E-state index in [0.717, 1.165) is 34.1 Å². The van der Waals surface area contributed by atoms with Gasteiger partial charge < -0.3 is 19.8 Å². The zero-order chi connectivity index (χ0) is 18.2. The maximum absolute atomic E-state index is 5.68. The normalized spacial score (nSPS) is 11.1. The molecule has 0 atom stereocenters. The Labute approximate surface area is 184 Å². The maximum atomic E-state index is 5.68. The molecule has 0 aliphatic carbocycles. The van der Waals surface area contributed by atoms with Crippen molar-refractivity contribution in [2.75, 3.05) is 19.7 Å². The van der Waals surface area contributed by atoms with E-state index in [0.29, 0.717) is 19.7 Å². The van der Waals surface area contributed by atoms with Crippen molar-refractivity contribution >= 4 is 51.5 Å². The van der Waals surface area contributed by atoms with Gasteiger partial charge in [-0.2, -0.15) is 0 Å². The lowest BCUT2D eigenvalue weighted by molar-refractivity contribution is 0.322. The molecule has 3 aromatic rings. The number of hydrogen-bond acceptors (Lipinski definition) is 3. The molecule has 2 heterocycles. The number of aliphatic imine (C=N–C) groups is 1. The van der Waals surface area contributed by atoms with Crippen LogP contribution in [0.5, 0.6) is 5.75 Å². The van der Waals surface area contributed by atoms with Crippen LogP contribution in [0.4, 0.5) is 0 Å². The SMILES string of the molecule is CCNC(=NCc1cn2cc(Br)ccc2n1)NCCOc1ccccc1.I. The smallest absolute Gasteiger partial charge is 0.191 e. The standard InChI is InChI=1S/C19H22BrN5O.HI/c1-2-21-19(22-10-11-26-17-6-4-3-5-7-17)23-12-16-14-25-13-15(20)8-9-18(25)24-16;/h3-9,13-14H,2,10-12H2,1H3,(H2,21,22,23);1H. The highest BCUT2D eigenvalue weighted by atomic mass is 127. The molecule has 0 spiro atoms. The maximum Gasteiger partial charge on any atom is 0.191 e. The Balaban J connectivity index is 0.00000261. The summed E-state index contributed by atoms with van der Waals surface area (Å²) in [5.41, 5.74) is 1.83. The second-order valence-corrected chi connectivity index (χ2v) is 6.54. The lowest BCUT2D eigenvalue weighted by Gasteiger charge is -2.11. The number of rotatable bonds is 7. The van der Waals surface area contributed by atoms with E-state index < -0.39 is 0 Å². The molecule has 0 fully saturated rings. The molecule has 0 bridgehead atoms. The van der Waals surface area contributed by atoms with Crippen molar-refractivity contribution in [3.05, 3.63) is 65.0 Å². The van der Waals surface area contributed by atoms with Crippen LogP contribution in [0.25, 0.3) is 5.65 Å². The average Bonchev–Trinajstić information content (AvgIpc) is 3.06. The predicted octanol–water partition coefficient (Wildman–Crippen LogP) is 3.85. The Hall–Kier alpha value is -1.81. The second kappa shape index (κ2) is 11.1. The third kappa shape index (κ3) is 6.69. The van der Waals surface area contributed by atoms with Gasteiger partial charge in [-0.3, -0.25) is 0 Å². The zero-order valence-electron chi connectivity index (χ0n) is 15.1. The number of nitrogens with one attached hydrogen (secondary N) is 2. The van der Waals surface area contributed by atoms with Crippen molar-refractivity contribution in [2.45, 2.75) is 13.5 Å². The van der Waals surface area contributed by atoms with Crippen LogP contribution in [-0.2, 0) is 6.54 Å². The minimum Gasteiger partial charge on any atom is -0.492 e. The third-order valence-corrected chi connectivity index (χ3v) is 4.08. The van der Waals surface area contributed by atoms with Gasteiger partial charge in [0.1, 0.15) is 18.0 Å². The first-order valence-electron chi connectivity index (χ1n) is 8.58. The Morgan fingerprint density at radius 1 is 1.15 bits per heavy atom. The Morgan fingerprint density at radius 3 is 2.74 bits per heavy atom. The van der Waals surface area contributed by atoms with Crippen LogP contribution in [0, 0.1) is 0 Å². The fraction of sp³-hybridized carbons (Fsp3) is 0.263. The summed E-state index contributed by atoms with van der Waals surface area (Å²) in [7, 11) is 0. The lowest BCUT2D eigenvalue weighted by Crippen LogP contribution is -2.39. The minimum absolute atomic E-state index is 0. The number of ether oxygens (including phenoxy) is 1. The lowest BCUT2D eigenvalue weighted by atomic mass is 10.3. The summed E-state index contributed by atoms with van der Waals surface area (Å²) in [5.74, 6) is 1.62. The van der Waals surface area contributed by atoms with Gasteiger partial charge in [-0.1, -0.05) is 18.2 Å². The van der Waals surface area contributed by atoms with Gasteiger partial charge >= 0.3 is 0 Å². The highest BCUT2D eigenvalue weighted by Gasteiger charge is 2.03. The Kier molecular flexibility index (Phi) is 8.86. The molecule has 144 valence electrons. The van der Waals surface area contributed by atoms with E-state index in [1.165, 1.54) is 0 Å². The minimum atomic E-state index is 0. The monoisotopic (exact) mass is 543 g/mol. The number of fused-ring (bicyclic) bond motifs is 1. The number of guanidine groups is 1. The van der Waals surface area contributed by atoms with E-state index >= 15 is 0 Å². The molecule has 27 heavy (non-hydrogen) atoms. The van der Waals surface area contributed by atoms with Crippen LogP contribution in [0.1, 0.15) is 12.6 Å². The van der Waals surface area contributed by atoms with Crippen molar-refractivity contribution in [3.8, 4) is 5.75 Å². The van der Waals surface area contributed by atoms with Crippen LogP contribution in [0.2, 0.25) is 0 Å². The van der Waals surface area contributed by atoms with E-state index in [2.05, 4.69) is 36.5 Å². The Morgan fingerprint density at radius 2 is 1.96 bits per heavy atom. The summed E-state index contributed by atoms with van der Waals surface area (Å²) >= 11 is 3.47. The summed E-state index contributed by atoms with van der Waals surface area (Å²) in [5, 5.41) is 6.51. The van der Waals surface area contributed by atoms with Crippen molar-refractivity contribution in [1.82, 2.24) is 20.0 Å². The van der Waals surface area contributed by atoms with Gasteiger partial charge in [0.05, 0.1) is 18.8 Å². The van der Waals surface area contributed by atoms with Gasteiger partial charge in [-0.05, 0) is 47.1 Å². The van der Waals surface area contributed by atoms with Gasteiger partial charge in [0.2, 0.25) is 0 Å². The number of halogens is 2. The summed E-state index contributed by atoms with van der Waals surface area (Å²) in [6, 6.07) is 13.7. The van der Waals surface area contributed by atoms with E-state index in [4.69, 9.17) is 4.74 Å². The van der Waals surface area contributed by atoms with Crippen LogP contribution in [-0.4, -0.2) is 35.0 Å². The number of para-hydroxylation sites is 1. The molecule has 0 radical (unpaired) electrons. The van der Waals surface area contributed by atoms with Gasteiger partial charge in [0, 0.05) is 23.4 Å². The highest BCUT2D eigenvalue weighted by molar-refractivity contribution is 14.0. The van der Waals surface area contributed by atoms with Gasteiger partial charge in [-0.25, -0.2) is 9.98 Å². The molecule has 8 heteroatoms. The molecule has 6 nitrogen and oxygen atoms in total. The van der Waals surface area contributed by atoms with E-state index in [9.17, 15) is 0 Å². The first kappa shape index (κ1) is 21.5. The molecular formula is C19H23BrIN5O. The number of nitrogens with zero attached hydrogens (tertiary/aromatic N) is 3. The van der Waals surface area contributed by atoms with E-state index in [1.54, 1.807) is 0 Å². The number of pyridine rings is 1. The number of aromatic nitrogens is 2. The van der Waals surface area contributed by atoms with Crippen LogP contribution < -0.4 is 15.4 Å². The molecule has 0 aliphatic heterocycles. The molecule has 0 unspecified atom stereocenters. The largest absolute Gasteiger partial charge is 0.492 e. The van der Waals surface area contributed by atoms with Crippen molar-refractivity contribution in [3.63, 3.8) is 0 Å². The first-order chi connectivity index (χ1) is 12.7. The molecule has 0 aliphatic rings. The number of hydrogen-bond donors (Lipinski definition) is 2. The topological polar surface area (TPSA) is 63.0 Å². The van der Waals surface area contributed by atoms with E-state index in [-0.39, 0.29) is 24.0 Å². The fourth-order valence-corrected chi connectivity index (χ4v) is 2.80. The number of imidazole rings is 1. The molecule has 1 aromatic carbocycles. The summed E-state index contributed by atoms with van der Waals surface area (Å²) in [4.78, 5) is 9.17. The average molecular weight is 544 g/mol. The summed E-state index contributed by atoms with van der Waals surface area (Å²) in [6.07, 6.45) is 3.98. The van der Waals surface area contributed by atoms with Gasteiger partial charge in [0.15, 0.2) is 5.96 Å². The molecule has 3 rings (SSSR count). The number of benzene rings is 1. The Bertz CT molecular complexity index is 869. The molecular weight excluding hydrogens is 521 g/mol. The van der Waals surface area contributed by atoms with Crippen molar-refractivity contribution < 1.29 is 4.74 Å². The van der Waals surface area contributed by atoms with Crippen LogP contribution in [0.15, 0.2) is 64.3 Å². The van der Waals surface area contributed by atoms with Crippen LogP contribution in [0.3, 0.4) is 0 Å². The van der Waals surface area contributed by atoms with E-state index in [1.807, 2.05) is 66.2 Å². The molecule has 2 aromatic heterocycles. The first-order valence-corrected chi connectivity index (χ1v) is 9.37. The highest BCUT2D eigenvalue weighted by Crippen LogP contribution is 2.13. The zero-order valence-corrected chi connectivity index (χ0v) is 19.0. The predicted molar refractivity (Wildman–Crippen MR) is 123 cm³/mol. The quantitative estimate of drug-likeness (QED) is 0.206. The van der Waals surface area contributed by atoms with Crippen LogP contribution >= 0.6 is 39.9 Å². The summed E-state index contributed by atoms with van der Waals surface area (Å²) < 4.78 is 8.69. The molecule has 0 saturated heterocycles. The molecule has 0 saturated carbocycles. The summed E-state index contributed by atoms with van der Waals surface area (Å²) in [6.45, 7) is 4.58. The van der Waals surface area contributed by atoms with Crippen molar-refractivity contribution in [1.29, 1.82) is 0 Å².